The fourth-order valence-corrected chi connectivity index (χ4v) is 2.43. The van der Waals surface area contributed by atoms with E-state index in [0.717, 1.165) is 30.6 Å². The number of hydrogen-bond donors (Lipinski definition) is 2. The van der Waals surface area contributed by atoms with Crippen LogP contribution in [0, 0.1) is 24.2 Å². The molecule has 0 aliphatic carbocycles. The van der Waals surface area contributed by atoms with Crippen LogP contribution in [0.4, 0.5) is 5.69 Å². The van der Waals surface area contributed by atoms with Crippen LogP contribution >= 0.6 is 0 Å². The van der Waals surface area contributed by atoms with Gasteiger partial charge in [-0.25, -0.2) is 0 Å². The van der Waals surface area contributed by atoms with Crippen molar-refractivity contribution in [1.29, 1.82) is 5.26 Å². The molecule has 1 saturated heterocycles. The van der Waals surface area contributed by atoms with Crippen LogP contribution in [0.25, 0.3) is 0 Å². The molecule has 2 N–H and O–H groups in total. The topological polar surface area (TPSA) is 64.9 Å². The van der Waals surface area contributed by atoms with E-state index in [1.54, 1.807) is 12.1 Å². The van der Waals surface area contributed by atoms with Gasteiger partial charge in [0.15, 0.2) is 0 Å². The van der Waals surface area contributed by atoms with Gasteiger partial charge < -0.3 is 10.6 Å². The number of anilines is 1. The number of hydrogen-bond acceptors (Lipinski definition) is 3. The van der Waals surface area contributed by atoms with Gasteiger partial charge in [-0.05, 0) is 50.9 Å². The second-order valence-electron chi connectivity index (χ2n) is 5.21. The average molecular weight is 257 g/mol. The van der Waals surface area contributed by atoms with Crippen LogP contribution in [-0.2, 0) is 4.79 Å². The molecule has 2 unspecified atom stereocenters. The lowest BCUT2D eigenvalue weighted by Gasteiger charge is -2.27. The van der Waals surface area contributed by atoms with Gasteiger partial charge >= 0.3 is 0 Å². The van der Waals surface area contributed by atoms with E-state index in [9.17, 15) is 4.79 Å². The lowest BCUT2D eigenvalue weighted by molar-refractivity contribution is -0.120. The summed E-state index contributed by atoms with van der Waals surface area (Å²) in [5, 5.41) is 15.2. The van der Waals surface area contributed by atoms with E-state index >= 15 is 0 Å². The van der Waals surface area contributed by atoms with Crippen molar-refractivity contribution in [3.8, 4) is 6.07 Å². The van der Waals surface area contributed by atoms with Gasteiger partial charge in [0.2, 0.25) is 5.91 Å². The van der Waals surface area contributed by atoms with Crippen LogP contribution in [0.1, 0.15) is 30.9 Å². The quantitative estimate of drug-likeness (QED) is 0.853. The summed E-state index contributed by atoms with van der Waals surface area (Å²) in [5.41, 5.74) is 2.30. The van der Waals surface area contributed by atoms with Gasteiger partial charge in [-0.1, -0.05) is 6.07 Å². The number of nitrogens with one attached hydrogen (secondary N) is 2. The first-order valence-electron chi connectivity index (χ1n) is 6.65. The molecule has 2 atom stereocenters. The van der Waals surface area contributed by atoms with Crippen molar-refractivity contribution in [3.63, 3.8) is 0 Å². The highest BCUT2D eigenvalue weighted by Crippen LogP contribution is 2.21. The van der Waals surface area contributed by atoms with Crippen molar-refractivity contribution < 1.29 is 4.79 Å². The van der Waals surface area contributed by atoms with Crippen LogP contribution in [0.5, 0.6) is 0 Å². The fraction of sp³-hybridized carbons (Fsp3) is 0.467. The third-order valence-electron chi connectivity index (χ3n) is 3.62. The van der Waals surface area contributed by atoms with Gasteiger partial charge in [0.05, 0.1) is 11.6 Å². The first-order chi connectivity index (χ1) is 9.10. The van der Waals surface area contributed by atoms with Gasteiger partial charge in [0, 0.05) is 17.6 Å². The van der Waals surface area contributed by atoms with E-state index in [4.69, 9.17) is 5.26 Å². The number of nitriles is 1. The van der Waals surface area contributed by atoms with Gasteiger partial charge in [-0.3, -0.25) is 4.79 Å². The van der Waals surface area contributed by atoms with Crippen LogP contribution in [0.15, 0.2) is 18.2 Å². The summed E-state index contributed by atoms with van der Waals surface area (Å²) < 4.78 is 0. The molecule has 1 heterocycles. The summed E-state index contributed by atoms with van der Waals surface area (Å²) in [6.07, 6.45) is 1.73. The zero-order valence-corrected chi connectivity index (χ0v) is 11.4. The Morgan fingerprint density at radius 3 is 3.00 bits per heavy atom. The molecule has 0 spiro atoms. The second kappa shape index (κ2) is 5.85. The van der Waals surface area contributed by atoms with Crippen LogP contribution in [-0.4, -0.2) is 18.5 Å². The van der Waals surface area contributed by atoms with Gasteiger partial charge in [0.25, 0.3) is 0 Å². The van der Waals surface area contributed by atoms with Crippen LogP contribution in [0.2, 0.25) is 0 Å². The first kappa shape index (κ1) is 13.6. The minimum atomic E-state index is 0.0568. The number of amides is 1. The lowest BCUT2D eigenvalue weighted by atomic mass is 9.92. The molecule has 1 aliphatic rings. The average Bonchev–Trinajstić information content (AvgIpc) is 2.41. The second-order valence-corrected chi connectivity index (χ2v) is 5.21. The predicted octanol–water partition coefficient (Wildman–Crippen LogP) is 2.19. The third-order valence-corrected chi connectivity index (χ3v) is 3.62. The Balaban J connectivity index is 2.08. The highest BCUT2D eigenvalue weighted by molar-refractivity contribution is 5.93. The van der Waals surface area contributed by atoms with Crippen molar-refractivity contribution in [1.82, 2.24) is 5.32 Å². The smallest absolute Gasteiger partial charge is 0.227 e. The fourth-order valence-electron chi connectivity index (χ4n) is 2.43. The van der Waals surface area contributed by atoms with E-state index in [-0.39, 0.29) is 11.8 Å². The number of carbonyl (C=O) groups excluding carboxylic acids is 1. The molecule has 19 heavy (non-hydrogen) atoms. The third kappa shape index (κ3) is 3.33. The van der Waals surface area contributed by atoms with Gasteiger partial charge in [0.1, 0.15) is 0 Å². The van der Waals surface area contributed by atoms with Crippen molar-refractivity contribution in [2.75, 3.05) is 11.9 Å². The standard InChI is InChI=1S/C15H19N3O/c1-10-3-4-12(9-16)8-14(10)18-15(19)13-5-6-17-11(2)7-13/h3-4,8,11,13,17H,5-7H2,1-2H3,(H,18,19). The normalized spacial score (nSPS) is 22.6. The monoisotopic (exact) mass is 257 g/mol. The molecule has 0 bridgehead atoms. The Morgan fingerprint density at radius 1 is 1.53 bits per heavy atom. The van der Waals surface area contributed by atoms with E-state index in [0.29, 0.717) is 11.6 Å². The summed E-state index contributed by atoms with van der Waals surface area (Å²) >= 11 is 0. The summed E-state index contributed by atoms with van der Waals surface area (Å²) in [6.45, 7) is 4.92. The Bertz CT molecular complexity index is 519. The van der Waals surface area contributed by atoms with Crippen molar-refractivity contribution in [2.45, 2.75) is 32.7 Å². The maximum atomic E-state index is 12.2. The number of piperidine rings is 1. The minimum absolute atomic E-state index is 0.0568. The van der Waals surface area contributed by atoms with Crippen LogP contribution in [0.3, 0.4) is 0 Å². The van der Waals surface area contributed by atoms with E-state index < -0.39 is 0 Å². The summed E-state index contributed by atoms with van der Waals surface area (Å²) in [4.78, 5) is 12.2. The largest absolute Gasteiger partial charge is 0.326 e. The molecule has 4 nitrogen and oxygen atoms in total. The highest BCUT2D eigenvalue weighted by Gasteiger charge is 2.24. The first-order valence-corrected chi connectivity index (χ1v) is 6.65. The van der Waals surface area contributed by atoms with Gasteiger partial charge in [-0.15, -0.1) is 0 Å². The molecule has 2 rings (SSSR count). The Hall–Kier alpha value is -1.86. The van der Waals surface area contributed by atoms with E-state index in [1.807, 2.05) is 13.0 Å². The highest BCUT2D eigenvalue weighted by atomic mass is 16.1. The molecule has 0 radical (unpaired) electrons. The number of carbonyl (C=O) groups is 1. The molecule has 100 valence electrons. The molecule has 4 heteroatoms. The van der Waals surface area contributed by atoms with E-state index in [1.165, 1.54) is 0 Å². The van der Waals surface area contributed by atoms with Gasteiger partial charge in [-0.2, -0.15) is 5.26 Å². The van der Waals surface area contributed by atoms with Crippen molar-refractivity contribution in [2.24, 2.45) is 5.92 Å². The molecule has 0 aromatic heterocycles. The predicted molar refractivity (Wildman–Crippen MR) is 74.7 cm³/mol. The molecule has 0 saturated carbocycles. The zero-order valence-electron chi connectivity index (χ0n) is 11.4. The molecular weight excluding hydrogens is 238 g/mol. The molecule has 1 fully saturated rings. The molecule has 1 amide bonds. The number of rotatable bonds is 2. The molecular formula is C15H19N3O. The Morgan fingerprint density at radius 2 is 2.32 bits per heavy atom. The summed E-state index contributed by atoms with van der Waals surface area (Å²) in [6, 6.07) is 7.83. The number of aryl methyl sites for hydroxylation is 1. The summed E-state index contributed by atoms with van der Waals surface area (Å²) in [7, 11) is 0. The number of benzene rings is 1. The Kier molecular flexibility index (Phi) is 4.18. The van der Waals surface area contributed by atoms with E-state index in [2.05, 4.69) is 23.6 Å². The summed E-state index contributed by atoms with van der Waals surface area (Å²) in [5.74, 6) is 0.118. The maximum absolute atomic E-state index is 12.2. The Labute approximate surface area is 113 Å². The van der Waals surface area contributed by atoms with Crippen LogP contribution < -0.4 is 10.6 Å². The van der Waals surface area contributed by atoms with Crippen molar-refractivity contribution >= 4 is 11.6 Å². The zero-order chi connectivity index (χ0) is 13.8. The molecule has 1 aromatic carbocycles. The minimum Gasteiger partial charge on any atom is -0.326 e. The number of nitrogens with zero attached hydrogens (tertiary/aromatic N) is 1. The maximum Gasteiger partial charge on any atom is 0.227 e. The molecule has 1 aromatic rings. The van der Waals surface area contributed by atoms with Crippen molar-refractivity contribution in [3.05, 3.63) is 29.3 Å². The lowest BCUT2D eigenvalue weighted by Crippen LogP contribution is -2.40. The SMILES string of the molecule is Cc1ccc(C#N)cc1NC(=O)C1CCNC(C)C1. The molecule has 1 aliphatic heterocycles.